The number of aryl methyl sites for hydroxylation is 3. The second-order valence-corrected chi connectivity index (χ2v) is 8.58. The Kier molecular flexibility index (Phi) is 3.96. The van der Waals surface area contributed by atoms with Gasteiger partial charge in [-0.3, -0.25) is 4.79 Å². The van der Waals surface area contributed by atoms with E-state index in [-0.39, 0.29) is 5.56 Å². The lowest BCUT2D eigenvalue weighted by Gasteiger charge is -2.08. The van der Waals surface area contributed by atoms with Gasteiger partial charge in [0.2, 0.25) is 0 Å². The maximum atomic E-state index is 13.2. The fourth-order valence-corrected chi connectivity index (χ4v) is 4.95. The fraction of sp³-hybridized carbons (Fsp3) is 0.167. The zero-order valence-corrected chi connectivity index (χ0v) is 17.7. The van der Waals surface area contributed by atoms with Crippen LogP contribution >= 0.6 is 11.3 Å². The second kappa shape index (κ2) is 6.42. The van der Waals surface area contributed by atoms with Crippen molar-refractivity contribution in [1.82, 2.24) is 14.0 Å². The van der Waals surface area contributed by atoms with E-state index in [2.05, 4.69) is 67.6 Å². The first-order chi connectivity index (χ1) is 13.9. The highest BCUT2D eigenvalue weighted by molar-refractivity contribution is 7.15. The molecule has 0 unspecified atom stereocenters. The SMILES string of the molecule is Cc1cc2nc3s/c(=C/c4cc(C)n(-c5ccccc5)c4C)c(=O)n3c2cc1C. The minimum absolute atomic E-state index is 0.000247. The lowest BCUT2D eigenvalue weighted by Crippen LogP contribution is -2.22. The molecule has 3 heterocycles. The van der Waals surface area contributed by atoms with Gasteiger partial charge in [-0.2, -0.15) is 0 Å². The van der Waals surface area contributed by atoms with E-state index in [9.17, 15) is 4.79 Å². The summed E-state index contributed by atoms with van der Waals surface area (Å²) in [4.78, 5) is 18.6. The van der Waals surface area contributed by atoms with Crippen molar-refractivity contribution in [2.24, 2.45) is 0 Å². The zero-order chi connectivity index (χ0) is 20.3. The molecule has 0 N–H and O–H groups in total. The van der Waals surface area contributed by atoms with Crippen LogP contribution in [0.1, 0.15) is 28.1 Å². The van der Waals surface area contributed by atoms with E-state index in [0.29, 0.717) is 4.53 Å². The molecular formula is C24H21N3OS. The van der Waals surface area contributed by atoms with Crippen molar-refractivity contribution in [3.63, 3.8) is 0 Å². The lowest BCUT2D eigenvalue weighted by atomic mass is 10.1. The highest BCUT2D eigenvalue weighted by Gasteiger charge is 2.14. The van der Waals surface area contributed by atoms with Crippen molar-refractivity contribution in [1.29, 1.82) is 0 Å². The molecule has 0 fully saturated rings. The quantitative estimate of drug-likeness (QED) is 0.439. The summed E-state index contributed by atoms with van der Waals surface area (Å²) in [5.41, 5.74) is 8.58. The van der Waals surface area contributed by atoms with E-state index >= 15 is 0 Å². The van der Waals surface area contributed by atoms with Crippen molar-refractivity contribution < 1.29 is 0 Å². The van der Waals surface area contributed by atoms with Gasteiger partial charge < -0.3 is 4.57 Å². The molecule has 5 rings (SSSR count). The van der Waals surface area contributed by atoms with Gasteiger partial charge in [0.05, 0.1) is 15.6 Å². The van der Waals surface area contributed by atoms with E-state index < -0.39 is 0 Å². The third kappa shape index (κ3) is 2.73. The molecule has 0 amide bonds. The van der Waals surface area contributed by atoms with Gasteiger partial charge in [0, 0.05) is 17.1 Å². The summed E-state index contributed by atoms with van der Waals surface area (Å²) in [7, 11) is 0. The Morgan fingerprint density at radius 1 is 0.966 bits per heavy atom. The van der Waals surface area contributed by atoms with Gasteiger partial charge in [0.25, 0.3) is 5.56 Å². The molecule has 2 aromatic carbocycles. The molecule has 5 heteroatoms. The van der Waals surface area contributed by atoms with Crippen LogP contribution in [0.2, 0.25) is 0 Å². The number of fused-ring (bicyclic) bond motifs is 3. The van der Waals surface area contributed by atoms with Gasteiger partial charge in [-0.25, -0.2) is 9.38 Å². The van der Waals surface area contributed by atoms with Crippen LogP contribution in [-0.2, 0) is 0 Å². The predicted molar refractivity (Wildman–Crippen MR) is 120 cm³/mol. The third-order valence-corrected chi connectivity index (χ3v) is 6.59. The standard InChI is InChI=1S/C24H21N3OS/c1-14-10-20-21(11-15(14)2)27-23(28)22(29-24(27)25-20)13-18-12-16(3)26(17(18)4)19-8-6-5-7-9-19/h5-13H,1-4H3/b22-13+. The van der Waals surface area contributed by atoms with Gasteiger partial charge in [-0.15, -0.1) is 0 Å². The molecule has 0 saturated carbocycles. The molecule has 0 aliphatic heterocycles. The molecular weight excluding hydrogens is 378 g/mol. The van der Waals surface area contributed by atoms with Crippen LogP contribution < -0.4 is 10.1 Å². The van der Waals surface area contributed by atoms with Gasteiger partial charge in [0.1, 0.15) is 0 Å². The predicted octanol–water partition coefficient (Wildman–Crippen LogP) is 4.48. The summed E-state index contributed by atoms with van der Waals surface area (Å²) in [6.07, 6.45) is 2.00. The number of benzene rings is 2. The van der Waals surface area contributed by atoms with Gasteiger partial charge >= 0.3 is 0 Å². The van der Waals surface area contributed by atoms with Gasteiger partial charge in [-0.05, 0) is 80.8 Å². The summed E-state index contributed by atoms with van der Waals surface area (Å²) in [5, 5.41) is 0. The van der Waals surface area contributed by atoms with Crippen LogP contribution in [0.25, 0.3) is 27.8 Å². The number of thiazole rings is 1. The summed E-state index contributed by atoms with van der Waals surface area (Å²) in [6.45, 7) is 8.32. The van der Waals surface area contributed by atoms with Gasteiger partial charge in [0.15, 0.2) is 4.96 Å². The number of imidazole rings is 1. The number of para-hydroxylation sites is 1. The summed E-state index contributed by atoms with van der Waals surface area (Å²) in [5.74, 6) is 0. The molecule has 0 bridgehead atoms. The Labute approximate surface area is 172 Å². The topological polar surface area (TPSA) is 39.3 Å². The van der Waals surface area contributed by atoms with E-state index in [1.165, 1.54) is 22.5 Å². The lowest BCUT2D eigenvalue weighted by molar-refractivity contribution is 0.964. The molecule has 4 nitrogen and oxygen atoms in total. The molecule has 0 atom stereocenters. The molecule has 3 aromatic heterocycles. The number of hydrogen-bond donors (Lipinski definition) is 0. The number of aromatic nitrogens is 3. The third-order valence-electron chi connectivity index (χ3n) is 5.63. The maximum Gasteiger partial charge on any atom is 0.274 e. The molecule has 0 aliphatic rings. The van der Waals surface area contributed by atoms with Crippen LogP contribution in [0.15, 0.2) is 53.3 Å². The van der Waals surface area contributed by atoms with Crippen molar-refractivity contribution in [2.75, 3.05) is 0 Å². The first-order valence-corrected chi connectivity index (χ1v) is 10.4. The van der Waals surface area contributed by atoms with E-state index in [1.54, 1.807) is 4.40 Å². The summed E-state index contributed by atoms with van der Waals surface area (Å²) < 4.78 is 4.67. The fourth-order valence-electron chi connectivity index (χ4n) is 3.97. The zero-order valence-electron chi connectivity index (χ0n) is 16.9. The molecule has 0 saturated heterocycles. The van der Waals surface area contributed by atoms with Crippen LogP contribution in [0.5, 0.6) is 0 Å². The van der Waals surface area contributed by atoms with E-state index in [1.807, 2.05) is 24.3 Å². The van der Waals surface area contributed by atoms with Crippen molar-refractivity contribution >= 4 is 33.4 Å². The Hall–Kier alpha value is -3.18. The maximum absolute atomic E-state index is 13.2. The van der Waals surface area contributed by atoms with Crippen LogP contribution in [-0.4, -0.2) is 14.0 Å². The molecule has 0 aliphatic carbocycles. The van der Waals surface area contributed by atoms with Crippen molar-refractivity contribution in [2.45, 2.75) is 27.7 Å². The minimum Gasteiger partial charge on any atom is -0.318 e. The largest absolute Gasteiger partial charge is 0.318 e. The first-order valence-electron chi connectivity index (χ1n) is 9.62. The Morgan fingerprint density at radius 2 is 1.69 bits per heavy atom. The van der Waals surface area contributed by atoms with Crippen molar-refractivity contribution in [3.05, 3.63) is 91.5 Å². The van der Waals surface area contributed by atoms with E-state index in [0.717, 1.165) is 38.6 Å². The van der Waals surface area contributed by atoms with Crippen molar-refractivity contribution in [3.8, 4) is 5.69 Å². The molecule has 0 radical (unpaired) electrons. The Bertz CT molecular complexity index is 1500. The number of hydrogen-bond acceptors (Lipinski definition) is 3. The Morgan fingerprint density at radius 3 is 2.45 bits per heavy atom. The summed E-state index contributed by atoms with van der Waals surface area (Å²) >= 11 is 1.45. The smallest absolute Gasteiger partial charge is 0.274 e. The Balaban J connectivity index is 1.72. The van der Waals surface area contributed by atoms with Crippen LogP contribution in [0.4, 0.5) is 0 Å². The first kappa shape index (κ1) is 17.9. The summed E-state index contributed by atoms with van der Waals surface area (Å²) in [6, 6.07) is 16.5. The highest BCUT2D eigenvalue weighted by atomic mass is 32.1. The molecule has 29 heavy (non-hydrogen) atoms. The average molecular weight is 400 g/mol. The van der Waals surface area contributed by atoms with Crippen LogP contribution in [0, 0.1) is 27.7 Å². The second-order valence-electron chi connectivity index (χ2n) is 7.57. The minimum atomic E-state index is 0.000247. The van der Waals surface area contributed by atoms with Gasteiger partial charge in [-0.1, -0.05) is 29.5 Å². The number of rotatable bonds is 2. The highest BCUT2D eigenvalue weighted by Crippen LogP contribution is 2.23. The normalized spacial score (nSPS) is 12.5. The van der Waals surface area contributed by atoms with Crippen LogP contribution in [0.3, 0.4) is 0 Å². The molecule has 0 spiro atoms. The number of nitrogens with zero attached hydrogens (tertiary/aromatic N) is 3. The molecule has 5 aromatic rings. The molecule has 144 valence electrons. The average Bonchev–Trinajstić information content (AvgIpc) is 3.28. The van der Waals surface area contributed by atoms with E-state index in [4.69, 9.17) is 0 Å². The monoisotopic (exact) mass is 399 g/mol.